The number of carbonyl (C=O) groups is 3. The van der Waals surface area contributed by atoms with Gasteiger partial charge in [0.15, 0.2) is 0 Å². The van der Waals surface area contributed by atoms with E-state index in [9.17, 15) is 14.4 Å². The zero-order chi connectivity index (χ0) is 29.8. The fraction of sp³-hybridized carbons (Fsp3) is 0.485. The van der Waals surface area contributed by atoms with Crippen LogP contribution in [0.15, 0.2) is 54.6 Å². The lowest BCUT2D eigenvalue weighted by atomic mass is 9.94. The average Bonchev–Trinajstić information content (AvgIpc) is 3.47. The van der Waals surface area contributed by atoms with Crippen molar-refractivity contribution in [1.29, 1.82) is 0 Å². The van der Waals surface area contributed by atoms with E-state index in [1.807, 2.05) is 81.5 Å². The third-order valence-corrected chi connectivity index (χ3v) is 7.74. The van der Waals surface area contributed by atoms with Crippen LogP contribution in [0, 0.1) is 6.92 Å². The standard InChI is InChI=1S/C31H40N4O4.C2H6/c1-22-10-8-11-24(20-22)21-26-29(37)32-17-9-13-25-12-4-5-14-27(25)39-19-18-33-31(15-6-7-16-31)30(38)35(3)23(2)28(36)34-26;1-2/h4-5,8-14,20,23,26,33H,6-7,15-19,21H2,1-3H3,(H,32,37)(H,34,36);1-2H3/b13-9+;/t23-,26+;/m0./s1. The van der Waals surface area contributed by atoms with Crippen LogP contribution in [-0.2, 0) is 20.8 Å². The first-order valence-corrected chi connectivity index (χ1v) is 14.8. The van der Waals surface area contributed by atoms with Crippen molar-refractivity contribution in [1.82, 2.24) is 20.9 Å². The van der Waals surface area contributed by atoms with Gasteiger partial charge in [0.25, 0.3) is 0 Å². The van der Waals surface area contributed by atoms with Crippen molar-refractivity contribution in [3.63, 3.8) is 0 Å². The molecule has 2 atom stereocenters. The second-order valence-corrected chi connectivity index (χ2v) is 10.6. The second-order valence-electron chi connectivity index (χ2n) is 10.6. The van der Waals surface area contributed by atoms with E-state index in [-0.39, 0.29) is 17.7 Å². The Hall–Kier alpha value is -3.65. The SMILES string of the molecule is CC.Cc1cccc(C[C@H]2NC(=O)[C@H](C)N(C)C(=O)C3(CCCC3)NCCOc3ccccc3/C=C/CNC2=O)c1. The Morgan fingerprint density at radius 1 is 1.00 bits per heavy atom. The van der Waals surface area contributed by atoms with E-state index >= 15 is 0 Å². The maximum atomic E-state index is 13.7. The van der Waals surface area contributed by atoms with Crippen LogP contribution in [0.3, 0.4) is 0 Å². The number of likely N-dealkylation sites (N-methyl/N-ethyl adjacent to an activating group) is 1. The Labute approximate surface area is 244 Å². The highest BCUT2D eigenvalue weighted by Crippen LogP contribution is 2.32. The quantitative estimate of drug-likeness (QED) is 0.514. The van der Waals surface area contributed by atoms with Crippen molar-refractivity contribution in [2.24, 2.45) is 0 Å². The molecule has 0 aromatic heterocycles. The number of fused-ring (bicyclic) bond motifs is 1. The molecule has 4 rings (SSSR count). The molecule has 2 aromatic carbocycles. The van der Waals surface area contributed by atoms with Crippen molar-refractivity contribution in [3.05, 3.63) is 71.3 Å². The van der Waals surface area contributed by atoms with E-state index in [2.05, 4.69) is 16.0 Å². The summed E-state index contributed by atoms with van der Waals surface area (Å²) in [6.45, 7) is 8.90. The topological polar surface area (TPSA) is 99.8 Å². The molecule has 1 fully saturated rings. The first kappa shape index (κ1) is 31.9. The number of hydrogen-bond donors (Lipinski definition) is 3. The second kappa shape index (κ2) is 15.4. The van der Waals surface area contributed by atoms with E-state index in [1.165, 1.54) is 4.90 Å². The molecule has 0 saturated heterocycles. The van der Waals surface area contributed by atoms with Gasteiger partial charge in [-0.3, -0.25) is 19.7 Å². The molecule has 0 unspecified atom stereocenters. The summed E-state index contributed by atoms with van der Waals surface area (Å²) in [4.78, 5) is 41.9. The van der Waals surface area contributed by atoms with E-state index in [1.54, 1.807) is 14.0 Å². The number of amides is 3. The fourth-order valence-corrected chi connectivity index (χ4v) is 5.38. The van der Waals surface area contributed by atoms with Crippen molar-refractivity contribution < 1.29 is 19.1 Å². The van der Waals surface area contributed by atoms with Crippen LogP contribution in [0.25, 0.3) is 6.08 Å². The third kappa shape index (κ3) is 8.43. The Kier molecular flexibility index (Phi) is 12.0. The Morgan fingerprint density at radius 2 is 1.73 bits per heavy atom. The summed E-state index contributed by atoms with van der Waals surface area (Å²) in [5.74, 6) is -0.00658. The molecule has 1 spiro atoms. The molecule has 1 aliphatic heterocycles. The van der Waals surface area contributed by atoms with Gasteiger partial charge in [0.1, 0.15) is 24.4 Å². The first-order chi connectivity index (χ1) is 19.8. The van der Waals surface area contributed by atoms with Gasteiger partial charge in [0.2, 0.25) is 17.7 Å². The van der Waals surface area contributed by atoms with Gasteiger partial charge in [-0.15, -0.1) is 0 Å². The van der Waals surface area contributed by atoms with Crippen LogP contribution in [0.5, 0.6) is 5.75 Å². The van der Waals surface area contributed by atoms with Gasteiger partial charge in [0.05, 0.1) is 5.54 Å². The number of rotatable bonds is 2. The van der Waals surface area contributed by atoms with Crippen molar-refractivity contribution in [3.8, 4) is 5.75 Å². The lowest BCUT2D eigenvalue weighted by Crippen LogP contribution is -2.61. The van der Waals surface area contributed by atoms with Crippen LogP contribution in [0.2, 0.25) is 0 Å². The highest BCUT2D eigenvalue weighted by atomic mass is 16.5. The molecule has 1 aliphatic carbocycles. The predicted octanol–water partition coefficient (Wildman–Crippen LogP) is 4.02. The normalized spacial score (nSPS) is 22.7. The Balaban J connectivity index is 0.00000226. The highest BCUT2D eigenvalue weighted by Gasteiger charge is 2.44. The molecule has 2 aromatic rings. The van der Waals surface area contributed by atoms with Crippen LogP contribution < -0.4 is 20.7 Å². The van der Waals surface area contributed by atoms with Crippen LogP contribution in [-0.4, -0.2) is 67.0 Å². The molecule has 1 saturated carbocycles. The van der Waals surface area contributed by atoms with E-state index in [0.29, 0.717) is 39.0 Å². The molecular formula is C33H46N4O4. The minimum Gasteiger partial charge on any atom is -0.492 e. The minimum atomic E-state index is -0.785. The highest BCUT2D eigenvalue weighted by molar-refractivity contribution is 5.94. The molecule has 3 N–H and O–H groups in total. The molecule has 3 amide bonds. The molecule has 8 heteroatoms. The minimum absolute atomic E-state index is 0.105. The largest absolute Gasteiger partial charge is 0.492 e. The van der Waals surface area contributed by atoms with Crippen LogP contribution in [0.4, 0.5) is 0 Å². The molecule has 1 heterocycles. The predicted molar refractivity (Wildman–Crippen MR) is 164 cm³/mol. The van der Waals surface area contributed by atoms with Crippen molar-refractivity contribution >= 4 is 23.8 Å². The summed E-state index contributed by atoms with van der Waals surface area (Å²) in [5, 5.41) is 9.32. The Bertz CT molecular complexity index is 1210. The lowest BCUT2D eigenvalue weighted by molar-refractivity contribution is -0.144. The van der Waals surface area contributed by atoms with E-state index in [4.69, 9.17) is 4.74 Å². The molecule has 222 valence electrons. The number of aryl methyl sites for hydroxylation is 1. The Morgan fingerprint density at radius 3 is 2.46 bits per heavy atom. The van der Waals surface area contributed by atoms with Gasteiger partial charge in [-0.2, -0.15) is 0 Å². The van der Waals surface area contributed by atoms with Crippen molar-refractivity contribution in [2.75, 3.05) is 26.7 Å². The maximum absolute atomic E-state index is 13.7. The maximum Gasteiger partial charge on any atom is 0.243 e. The van der Waals surface area contributed by atoms with Gasteiger partial charge >= 0.3 is 0 Å². The number of carbonyl (C=O) groups excluding carboxylic acids is 3. The van der Waals surface area contributed by atoms with Gasteiger partial charge in [-0.05, 0) is 38.3 Å². The summed E-state index contributed by atoms with van der Waals surface area (Å²) >= 11 is 0. The fourth-order valence-electron chi connectivity index (χ4n) is 5.38. The summed E-state index contributed by atoms with van der Waals surface area (Å²) in [6, 6.07) is 14.1. The lowest BCUT2D eigenvalue weighted by Gasteiger charge is -2.36. The first-order valence-electron chi connectivity index (χ1n) is 14.8. The van der Waals surface area contributed by atoms with Gasteiger partial charge in [-0.25, -0.2) is 0 Å². The van der Waals surface area contributed by atoms with Gasteiger partial charge in [-0.1, -0.05) is 86.9 Å². The van der Waals surface area contributed by atoms with Crippen LogP contribution >= 0.6 is 0 Å². The zero-order valence-corrected chi connectivity index (χ0v) is 25.2. The number of hydrogen-bond acceptors (Lipinski definition) is 5. The number of benzene rings is 2. The summed E-state index contributed by atoms with van der Waals surface area (Å²) < 4.78 is 6.06. The number of para-hydroxylation sites is 1. The molecule has 8 nitrogen and oxygen atoms in total. The molecule has 0 bridgehead atoms. The summed E-state index contributed by atoms with van der Waals surface area (Å²) in [5.41, 5.74) is 2.20. The van der Waals surface area contributed by atoms with Crippen molar-refractivity contribution in [2.45, 2.75) is 77.4 Å². The van der Waals surface area contributed by atoms with E-state index < -0.39 is 17.6 Å². The zero-order valence-electron chi connectivity index (χ0n) is 25.2. The van der Waals surface area contributed by atoms with Crippen LogP contribution in [0.1, 0.15) is 63.1 Å². The average molecular weight is 563 g/mol. The number of ether oxygens (including phenoxy) is 1. The monoisotopic (exact) mass is 562 g/mol. The summed E-state index contributed by atoms with van der Waals surface area (Å²) in [6.07, 6.45) is 7.44. The molecule has 2 aliphatic rings. The molecular weight excluding hydrogens is 516 g/mol. The number of nitrogens with one attached hydrogen (secondary N) is 3. The smallest absolute Gasteiger partial charge is 0.243 e. The van der Waals surface area contributed by atoms with Gasteiger partial charge in [0, 0.05) is 32.1 Å². The number of nitrogens with zero attached hydrogens (tertiary/aromatic N) is 1. The summed E-state index contributed by atoms with van der Waals surface area (Å²) in [7, 11) is 1.67. The third-order valence-electron chi connectivity index (χ3n) is 7.74. The molecule has 0 radical (unpaired) electrons. The van der Waals surface area contributed by atoms with Gasteiger partial charge < -0.3 is 20.3 Å². The van der Waals surface area contributed by atoms with E-state index in [0.717, 1.165) is 35.3 Å². The molecule has 41 heavy (non-hydrogen) atoms.